The van der Waals surface area contributed by atoms with Crippen LogP contribution in [0.5, 0.6) is 11.5 Å². The van der Waals surface area contributed by atoms with Crippen LogP contribution < -0.4 is 38.1 Å². The smallest absolute Gasteiger partial charge is 0.248 e. The third-order valence-electron chi connectivity index (χ3n) is 12.4. The lowest BCUT2D eigenvalue weighted by atomic mass is 9.93. The molecule has 11 N–H and O–H groups in total. The van der Waals surface area contributed by atoms with Gasteiger partial charge in [-0.2, -0.15) is 0 Å². The van der Waals surface area contributed by atoms with Gasteiger partial charge in [-0.15, -0.1) is 0 Å². The lowest BCUT2D eigenvalue weighted by Crippen LogP contribution is -2.58. The number of hydrogen-bond acceptors (Lipinski definition) is 11. The Hall–Kier alpha value is -5.75. The largest absolute Gasteiger partial charge is 0.507 e. The van der Waals surface area contributed by atoms with Crippen molar-refractivity contribution in [2.24, 2.45) is 11.5 Å². The second kappa shape index (κ2) is 26.4. The minimum atomic E-state index is -1.41. The van der Waals surface area contributed by atoms with Gasteiger partial charge >= 0.3 is 0 Å². The number of nitrogens with one attached hydrogen (secondary N) is 5. The molecule has 0 aromatic heterocycles. The van der Waals surface area contributed by atoms with E-state index in [1.807, 2.05) is 0 Å². The number of primary amides is 1. The van der Waals surface area contributed by atoms with Gasteiger partial charge in [0.1, 0.15) is 47.8 Å². The highest BCUT2D eigenvalue weighted by Crippen LogP contribution is 2.39. The number of carbonyl (C=O) groups excluding carboxylic acids is 7. The number of benzene rings is 2. The first kappa shape index (κ1) is 52.9. The lowest BCUT2D eigenvalue weighted by molar-refractivity contribution is -0.143. The standard InChI is InChI=1S/C48H73N9O9/c1-5-6-7-8-9-10-11-14-24-51-25-22-41(60)54-36(16-12-13-23-49)48(66)56(4)42-33-19-21-40(59)35(29-33)34-27-32(18-20-39(34)58)28-37(55-44(62)30(2)52-46(42)64)45(63)53-31(3)47(65)57-26-15-17-38(57)43(50)61/h18-21,27,29-31,36-38,42,51,58-59H,5-17,22-26,28,49H2,1-4H3,(H2,50,61)(H,52,64)(H,53,63)(H,54,60)(H,55,62)/t30-,31-,36-,37-,38-,42-/m0/s1. The number of phenols is 2. The van der Waals surface area contributed by atoms with Gasteiger partial charge in [-0.1, -0.05) is 64.0 Å². The number of hydrogen-bond donors (Lipinski definition) is 9. The van der Waals surface area contributed by atoms with Gasteiger partial charge in [0.2, 0.25) is 41.4 Å². The lowest BCUT2D eigenvalue weighted by Gasteiger charge is -2.32. The second-order valence-electron chi connectivity index (χ2n) is 17.7. The molecule has 0 aliphatic carbocycles. The minimum Gasteiger partial charge on any atom is -0.507 e. The summed E-state index contributed by atoms with van der Waals surface area (Å²) >= 11 is 0. The van der Waals surface area contributed by atoms with Crippen LogP contribution in [0.2, 0.25) is 0 Å². The summed E-state index contributed by atoms with van der Waals surface area (Å²) in [4.78, 5) is 97.8. The fourth-order valence-corrected chi connectivity index (χ4v) is 8.57. The molecule has 66 heavy (non-hydrogen) atoms. The quantitative estimate of drug-likeness (QED) is 0.0731. The number of nitrogens with two attached hydrogens (primary N) is 2. The summed E-state index contributed by atoms with van der Waals surface area (Å²) in [6.07, 6.45) is 11.9. The molecule has 4 rings (SSSR count). The van der Waals surface area contributed by atoms with E-state index in [1.54, 1.807) is 6.07 Å². The number of unbranched alkanes of at least 4 members (excludes halogenated alkanes) is 8. The molecule has 0 saturated carbocycles. The monoisotopic (exact) mass is 920 g/mol. The molecule has 7 amide bonds. The molecule has 18 heteroatoms. The van der Waals surface area contributed by atoms with Crippen LogP contribution >= 0.6 is 0 Å². The molecule has 0 unspecified atom stereocenters. The maximum atomic E-state index is 14.5. The number of likely N-dealkylation sites (N-methyl/N-ethyl adjacent to an activating group) is 1. The van der Waals surface area contributed by atoms with Crippen molar-refractivity contribution in [3.63, 3.8) is 0 Å². The number of rotatable bonds is 23. The Bertz CT molecular complexity index is 2000. The number of nitrogens with zero attached hydrogens (tertiary/aromatic N) is 2. The van der Waals surface area contributed by atoms with Crippen LogP contribution in [0.1, 0.15) is 128 Å². The predicted molar refractivity (Wildman–Crippen MR) is 250 cm³/mol. The van der Waals surface area contributed by atoms with Gasteiger partial charge in [0.15, 0.2) is 0 Å². The fraction of sp³-hybridized carbons (Fsp3) is 0.604. The number of aromatic hydroxyl groups is 2. The molecule has 0 spiro atoms. The third kappa shape index (κ3) is 15.2. The van der Waals surface area contributed by atoms with E-state index < -0.39 is 71.7 Å². The third-order valence-corrected chi connectivity index (χ3v) is 12.4. The molecule has 364 valence electrons. The van der Waals surface area contributed by atoms with E-state index in [0.717, 1.165) is 19.4 Å². The Morgan fingerprint density at radius 3 is 2.21 bits per heavy atom. The zero-order valence-electron chi connectivity index (χ0n) is 39.2. The Morgan fingerprint density at radius 2 is 1.53 bits per heavy atom. The van der Waals surface area contributed by atoms with E-state index in [2.05, 4.69) is 33.5 Å². The molecule has 2 aliphatic heterocycles. The van der Waals surface area contributed by atoms with Crippen molar-refractivity contribution in [2.45, 2.75) is 153 Å². The van der Waals surface area contributed by atoms with Gasteiger partial charge in [-0.3, -0.25) is 33.6 Å². The van der Waals surface area contributed by atoms with Crippen LogP contribution in [0.15, 0.2) is 36.4 Å². The molecule has 2 aromatic carbocycles. The highest BCUT2D eigenvalue weighted by Gasteiger charge is 2.38. The van der Waals surface area contributed by atoms with Gasteiger partial charge in [-0.25, -0.2) is 0 Å². The van der Waals surface area contributed by atoms with E-state index in [1.165, 1.54) is 99.6 Å². The summed E-state index contributed by atoms with van der Waals surface area (Å²) in [5, 5.41) is 36.5. The van der Waals surface area contributed by atoms with Crippen molar-refractivity contribution in [1.82, 2.24) is 36.4 Å². The summed E-state index contributed by atoms with van der Waals surface area (Å²) in [5.74, 6) is -4.88. The van der Waals surface area contributed by atoms with E-state index in [-0.39, 0.29) is 59.9 Å². The van der Waals surface area contributed by atoms with Gasteiger partial charge in [0.05, 0.1) is 0 Å². The maximum Gasteiger partial charge on any atom is 0.248 e. The molecule has 4 bridgehead atoms. The summed E-state index contributed by atoms with van der Waals surface area (Å²) in [6, 6.07) is 1.78. The molecule has 2 aromatic rings. The van der Waals surface area contributed by atoms with Gasteiger partial charge in [0, 0.05) is 44.1 Å². The van der Waals surface area contributed by atoms with Crippen LogP contribution in [0, 0.1) is 0 Å². The maximum absolute atomic E-state index is 14.5. The average Bonchev–Trinajstić information content (AvgIpc) is 3.79. The summed E-state index contributed by atoms with van der Waals surface area (Å²) in [5.41, 5.74) is 12.2. The van der Waals surface area contributed by atoms with Gasteiger partial charge in [-0.05, 0) is 101 Å². The first-order chi connectivity index (χ1) is 31.6. The highest BCUT2D eigenvalue weighted by atomic mass is 16.3. The molecule has 18 nitrogen and oxygen atoms in total. The van der Waals surface area contributed by atoms with Crippen molar-refractivity contribution in [3.8, 4) is 22.6 Å². The fourth-order valence-electron chi connectivity index (χ4n) is 8.57. The number of amides is 7. The van der Waals surface area contributed by atoms with Crippen LogP contribution in [0.3, 0.4) is 0 Å². The Kier molecular flexibility index (Phi) is 21.2. The van der Waals surface area contributed by atoms with Crippen molar-refractivity contribution in [3.05, 3.63) is 47.5 Å². The predicted octanol–water partition coefficient (Wildman–Crippen LogP) is 2.53. The molecular formula is C48H73N9O9. The topological polar surface area (TPSA) is 279 Å². The summed E-state index contributed by atoms with van der Waals surface area (Å²) in [6.45, 7) is 6.94. The van der Waals surface area contributed by atoms with Crippen LogP contribution in [0.25, 0.3) is 11.1 Å². The average molecular weight is 920 g/mol. The van der Waals surface area contributed by atoms with Crippen LogP contribution in [-0.4, -0.2) is 125 Å². The molecular weight excluding hydrogens is 847 g/mol. The molecule has 6 atom stereocenters. The molecule has 2 heterocycles. The van der Waals surface area contributed by atoms with E-state index in [9.17, 15) is 43.8 Å². The zero-order valence-corrected chi connectivity index (χ0v) is 39.2. The first-order valence-electron chi connectivity index (χ1n) is 23.7. The van der Waals surface area contributed by atoms with Crippen molar-refractivity contribution >= 4 is 41.4 Å². The van der Waals surface area contributed by atoms with Crippen molar-refractivity contribution in [2.75, 3.05) is 33.2 Å². The minimum absolute atomic E-state index is 0.113. The molecule has 1 fully saturated rings. The van der Waals surface area contributed by atoms with E-state index in [4.69, 9.17) is 11.5 Å². The molecule has 1 saturated heterocycles. The van der Waals surface area contributed by atoms with Gasteiger partial charge < -0.3 is 58.1 Å². The summed E-state index contributed by atoms with van der Waals surface area (Å²) in [7, 11) is 1.41. The normalized spacial score (nSPS) is 19.4. The summed E-state index contributed by atoms with van der Waals surface area (Å²) < 4.78 is 0. The first-order valence-corrected chi connectivity index (χ1v) is 23.7. The number of likely N-dealkylation sites (tertiary alicyclic amines) is 1. The second-order valence-corrected chi connectivity index (χ2v) is 17.7. The molecule has 0 radical (unpaired) electrons. The number of carbonyl (C=O) groups is 7. The molecule has 2 aliphatic rings. The Balaban J connectivity index is 1.56. The van der Waals surface area contributed by atoms with E-state index >= 15 is 0 Å². The Labute approximate surface area is 388 Å². The van der Waals surface area contributed by atoms with Crippen molar-refractivity contribution < 1.29 is 43.8 Å². The van der Waals surface area contributed by atoms with Crippen LogP contribution in [-0.2, 0) is 40.0 Å². The van der Waals surface area contributed by atoms with E-state index in [0.29, 0.717) is 44.3 Å². The number of fused-ring (bicyclic) bond motifs is 5. The highest BCUT2D eigenvalue weighted by molar-refractivity contribution is 5.97. The zero-order chi connectivity index (χ0) is 48.3. The van der Waals surface area contributed by atoms with Crippen LogP contribution in [0.4, 0.5) is 0 Å². The van der Waals surface area contributed by atoms with Gasteiger partial charge in [0.25, 0.3) is 0 Å². The Morgan fingerprint density at radius 1 is 0.864 bits per heavy atom. The number of phenolic OH excluding ortho intramolecular Hbond substituents is 2. The SMILES string of the molecule is CCCCCCCCCCNCCC(=O)N[C@@H](CCCCN)C(=O)N(C)[C@@H]1C(=O)N[C@@H](C)C(=O)N[C@H](C(=O)N[C@@H](C)C(=O)N2CCC[C@H]2C(N)=O)Cc2ccc(O)c(c2)-c2cc1ccc2O. The van der Waals surface area contributed by atoms with Crippen molar-refractivity contribution in [1.29, 1.82) is 0 Å².